The van der Waals surface area contributed by atoms with Crippen LogP contribution in [0.3, 0.4) is 0 Å². The first-order chi connectivity index (χ1) is 10.5. The normalized spacial score (nSPS) is 11.3. The third-order valence-corrected chi connectivity index (χ3v) is 5.22. The minimum Gasteiger partial charge on any atom is -0.488 e. The molecule has 0 aromatic heterocycles. The van der Waals surface area contributed by atoms with Crippen LogP contribution in [0, 0.1) is 3.57 Å². The second-order valence-electron chi connectivity index (χ2n) is 5.22. The Balaban J connectivity index is 2.71. The molecule has 0 fully saturated rings. The summed E-state index contributed by atoms with van der Waals surface area (Å²) in [7, 11) is 0. The van der Waals surface area contributed by atoms with Gasteiger partial charge in [-0.1, -0.05) is 0 Å². The fraction of sp³-hybridized carbons (Fsp3) is 0.588. The minimum atomic E-state index is -0.293. The summed E-state index contributed by atoms with van der Waals surface area (Å²) >= 11 is 2.14. The fourth-order valence-electron chi connectivity index (χ4n) is 2.46. The third-order valence-electron chi connectivity index (χ3n) is 4.28. The van der Waals surface area contributed by atoms with Gasteiger partial charge in [0.1, 0.15) is 18.9 Å². The molecular formula is C17H27INO3+. The van der Waals surface area contributed by atoms with Crippen molar-refractivity contribution in [2.45, 2.75) is 27.7 Å². The Labute approximate surface area is 147 Å². The standard InChI is InChI=1S/C17H27INO3/c1-5-19(6-2,7-3)11-12-22-14-9-10-16(18)15(13-14)17(20)21-8-4/h9-10,13H,5-8,11-12H2,1-4H3/q+1. The van der Waals surface area contributed by atoms with Gasteiger partial charge in [0, 0.05) is 3.57 Å². The molecule has 22 heavy (non-hydrogen) atoms. The van der Waals surface area contributed by atoms with Gasteiger partial charge in [-0.2, -0.15) is 0 Å². The van der Waals surface area contributed by atoms with E-state index in [1.807, 2.05) is 19.1 Å². The van der Waals surface area contributed by atoms with E-state index in [4.69, 9.17) is 9.47 Å². The Morgan fingerprint density at radius 3 is 2.32 bits per heavy atom. The summed E-state index contributed by atoms with van der Waals surface area (Å²) in [6, 6.07) is 5.57. The third kappa shape index (κ3) is 5.12. The Bertz CT molecular complexity index is 479. The highest BCUT2D eigenvalue weighted by Gasteiger charge is 2.20. The van der Waals surface area contributed by atoms with Gasteiger partial charge in [0.25, 0.3) is 0 Å². The molecule has 0 bridgehead atoms. The number of rotatable bonds is 9. The molecule has 124 valence electrons. The molecule has 0 aliphatic heterocycles. The predicted molar refractivity (Wildman–Crippen MR) is 97.4 cm³/mol. The highest BCUT2D eigenvalue weighted by molar-refractivity contribution is 14.1. The van der Waals surface area contributed by atoms with Crippen LogP contribution >= 0.6 is 22.6 Å². The van der Waals surface area contributed by atoms with Crippen LogP contribution in [0.15, 0.2) is 18.2 Å². The van der Waals surface area contributed by atoms with Crippen molar-refractivity contribution in [3.05, 3.63) is 27.3 Å². The van der Waals surface area contributed by atoms with Gasteiger partial charge in [-0.05, 0) is 68.5 Å². The van der Waals surface area contributed by atoms with E-state index >= 15 is 0 Å². The van der Waals surface area contributed by atoms with E-state index < -0.39 is 0 Å². The van der Waals surface area contributed by atoms with Crippen molar-refractivity contribution in [3.8, 4) is 5.75 Å². The number of hydrogen-bond donors (Lipinski definition) is 0. The highest BCUT2D eigenvalue weighted by atomic mass is 127. The second kappa shape index (κ2) is 9.35. The van der Waals surface area contributed by atoms with Crippen LogP contribution in [0.25, 0.3) is 0 Å². The molecule has 0 unspecified atom stereocenters. The average molecular weight is 420 g/mol. The van der Waals surface area contributed by atoms with Crippen molar-refractivity contribution in [1.82, 2.24) is 0 Å². The van der Waals surface area contributed by atoms with Gasteiger partial charge in [0.15, 0.2) is 0 Å². The number of benzene rings is 1. The summed E-state index contributed by atoms with van der Waals surface area (Å²) in [4.78, 5) is 11.9. The van der Waals surface area contributed by atoms with E-state index in [0.717, 1.165) is 40.0 Å². The lowest BCUT2D eigenvalue weighted by Crippen LogP contribution is -2.49. The fourth-order valence-corrected chi connectivity index (χ4v) is 3.02. The maximum atomic E-state index is 11.9. The summed E-state index contributed by atoms with van der Waals surface area (Å²) in [5.74, 6) is 0.433. The number of likely N-dealkylation sites (N-methyl/N-ethyl adjacent to an activating group) is 1. The van der Waals surface area contributed by atoms with Gasteiger partial charge in [0.05, 0.1) is 31.8 Å². The summed E-state index contributed by atoms with van der Waals surface area (Å²) in [6.45, 7) is 13.8. The van der Waals surface area contributed by atoms with E-state index in [1.54, 1.807) is 6.07 Å². The lowest BCUT2D eigenvalue weighted by Gasteiger charge is -2.35. The number of quaternary nitrogens is 1. The molecule has 0 saturated heterocycles. The van der Waals surface area contributed by atoms with Gasteiger partial charge < -0.3 is 14.0 Å². The number of carbonyl (C=O) groups excluding carboxylic acids is 1. The Hall–Kier alpha value is -0.820. The van der Waals surface area contributed by atoms with Gasteiger partial charge in [-0.15, -0.1) is 0 Å². The zero-order valence-corrected chi connectivity index (χ0v) is 16.2. The first-order valence-electron chi connectivity index (χ1n) is 7.96. The maximum Gasteiger partial charge on any atom is 0.339 e. The van der Waals surface area contributed by atoms with Crippen LogP contribution in [0.5, 0.6) is 5.75 Å². The molecule has 0 aliphatic rings. The molecule has 5 heteroatoms. The molecule has 0 saturated carbocycles. The molecule has 0 aliphatic carbocycles. The van der Waals surface area contributed by atoms with E-state index in [1.165, 1.54) is 0 Å². The van der Waals surface area contributed by atoms with Crippen LogP contribution in [0.4, 0.5) is 0 Å². The van der Waals surface area contributed by atoms with E-state index in [9.17, 15) is 4.79 Å². The van der Waals surface area contributed by atoms with Gasteiger partial charge >= 0.3 is 5.97 Å². The molecule has 0 N–H and O–H groups in total. The van der Waals surface area contributed by atoms with Crippen LogP contribution < -0.4 is 4.74 Å². The Kier molecular flexibility index (Phi) is 8.17. The van der Waals surface area contributed by atoms with Gasteiger partial charge in [0.2, 0.25) is 0 Å². The summed E-state index contributed by atoms with van der Waals surface area (Å²) in [5, 5.41) is 0. The zero-order valence-electron chi connectivity index (χ0n) is 14.0. The molecule has 1 aromatic carbocycles. The number of esters is 1. The van der Waals surface area contributed by atoms with Crippen molar-refractivity contribution >= 4 is 28.6 Å². The van der Waals surface area contributed by atoms with Crippen LogP contribution in [-0.4, -0.2) is 49.8 Å². The zero-order chi connectivity index (χ0) is 16.6. The van der Waals surface area contributed by atoms with Gasteiger partial charge in [-0.3, -0.25) is 0 Å². The quantitative estimate of drug-likeness (QED) is 0.347. The summed E-state index contributed by atoms with van der Waals surface area (Å²) in [5.41, 5.74) is 0.571. The smallest absolute Gasteiger partial charge is 0.339 e. The molecule has 1 rings (SSSR count). The number of halogens is 1. The summed E-state index contributed by atoms with van der Waals surface area (Å²) in [6.07, 6.45) is 0. The topological polar surface area (TPSA) is 35.5 Å². The Morgan fingerprint density at radius 2 is 1.77 bits per heavy atom. The van der Waals surface area contributed by atoms with Crippen LogP contribution in [0.1, 0.15) is 38.1 Å². The number of nitrogens with zero attached hydrogens (tertiary/aromatic N) is 1. The highest BCUT2D eigenvalue weighted by Crippen LogP contribution is 2.21. The molecule has 0 radical (unpaired) electrons. The van der Waals surface area contributed by atoms with E-state index in [0.29, 0.717) is 18.8 Å². The maximum absolute atomic E-state index is 11.9. The SMILES string of the molecule is CCOC(=O)c1cc(OCC[N+](CC)(CC)CC)ccc1I. The van der Waals surface area contributed by atoms with Crippen LogP contribution in [-0.2, 0) is 4.74 Å². The first kappa shape index (κ1) is 19.2. The molecular weight excluding hydrogens is 393 g/mol. The monoisotopic (exact) mass is 420 g/mol. The van der Waals surface area contributed by atoms with E-state index in [2.05, 4.69) is 43.4 Å². The molecule has 4 nitrogen and oxygen atoms in total. The lowest BCUT2D eigenvalue weighted by molar-refractivity contribution is -0.923. The van der Waals surface area contributed by atoms with Crippen molar-refractivity contribution in [1.29, 1.82) is 0 Å². The lowest BCUT2D eigenvalue weighted by atomic mass is 10.2. The molecule has 0 spiro atoms. The molecule has 0 amide bonds. The second-order valence-corrected chi connectivity index (χ2v) is 6.39. The average Bonchev–Trinajstić information content (AvgIpc) is 2.54. The van der Waals surface area contributed by atoms with Crippen LogP contribution in [0.2, 0.25) is 0 Å². The largest absolute Gasteiger partial charge is 0.488 e. The molecule has 0 atom stereocenters. The number of ether oxygens (including phenoxy) is 2. The van der Waals surface area contributed by atoms with Crippen molar-refractivity contribution in [2.75, 3.05) is 39.4 Å². The number of hydrogen-bond acceptors (Lipinski definition) is 3. The van der Waals surface area contributed by atoms with E-state index in [-0.39, 0.29) is 5.97 Å². The van der Waals surface area contributed by atoms with Crippen molar-refractivity contribution < 1.29 is 18.8 Å². The van der Waals surface area contributed by atoms with Crippen molar-refractivity contribution in [3.63, 3.8) is 0 Å². The summed E-state index contributed by atoms with van der Waals surface area (Å²) < 4.78 is 12.9. The predicted octanol–water partition coefficient (Wildman–Crippen LogP) is 3.72. The first-order valence-corrected chi connectivity index (χ1v) is 9.04. The van der Waals surface area contributed by atoms with Crippen molar-refractivity contribution in [2.24, 2.45) is 0 Å². The minimum absolute atomic E-state index is 0.293. The molecule has 0 heterocycles. The molecule has 1 aromatic rings. The number of carbonyl (C=O) groups is 1. The Morgan fingerprint density at radius 1 is 1.14 bits per heavy atom. The van der Waals surface area contributed by atoms with Gasteiger partial charge in [-0.25, -0.2) is 4.79 Å².